The van der Waals surface area contributed by atoms with Crippen molar-refractivity contribution in [3.63, 3.8) is 0 Å². The molecule has 1 fully saturated rings. The lowest BCUT2D eigenvalue weighted by Gasteiger charge is -2.34. The third kappa shape index (κ3) is 3.13. The molecule has 2 rings (SSSR count). The zero-order chi connectivity index (χ0) is 12.8. The molecular formula is C16H22N2. The Morgan fingerprint density at radius 1 is 1.39 bits per heavy atom. The lowest BCUT2D eigenvalue weighted by atomic mass is 9.91. The van der Waals surface area contributed by atoms with Gasteiger partial charge >= 0.3 is 0 Å². The number of hydrogen-bond donors (Lipinski definition) is 1. The lowest BCUT2D eigenvalue weighted by Crippen LogP contribution is -2.46. The Morgan fingerprint density at radius 3 is 2.89 bits per heavy atom. The second kappa shape index (κ2) is 6.04. The fourth-order valence-corrected chi connectivity index (χ4v) is 2.66. The number of nitrogens with one attached hydrogen (secondary N) is 1. The van der Waals surface area contributed by atoms with Crippen LogP contribution in [0.5, 0.6) is 0 Å². The van der Waals surface area contributed by atoms with Crippen LogP contribution < -0.4 is 5.32 Å². The van der Waals surface area contributed by atoms with Crippen LogP contribution in [-0.2, 0) is 5.54 Å². The third-order valence-corrected chi connectivity index (χ3v) is 3.69. The zero-order valence-corrected chi connectivity index (χ0v) is 11.2. The molecule has 0 radical (unpaired) electrons. The Morgan fingerprint density at radius 2 is 2.17 bits per heavy atom. The van der Waals surface area contributed by atoms with Crippen molar-refractivity contribution in [2.45, 2.75) is 25.3 Å². The first kappa shape index (κ1) is 13.1. The molecule has 2 heteroatoms. The molecule has 1 aromatic carbocycles. The average Bonchev–Trinajstić information content (AvgIpc) is 2.60. The van der Waals surface area contributed by atoms with Gasteiger partial charge in [-0.15, -0.1) is 12.3 Å². The SMILES string of the molecule is C#CCCN1CCCNC(C)(c2ccccc2)C1. The number of benzene rings is 1. The third-order valence-electron chi connectivity index (χ3n) is 3.69. The Hall–Kier alpha value is -1.30. The minimum atomic E-state index is 0.0341. The topological polar surface area (TPSA) is 15.3 Å². The summed E-state index contributed by atoms with van der Waals surface area (Å²) >= 11 is 0. The van der Waals surface area contributed by atoms with E-state index in [9.17, 15) is 0 Å². The van der Waals surface area contributed by atoms with E-state index in [1.54, 1.807) is 0 Å². The average molecular weight is 242 g/mol. The lowest BCUT2D eigenvalue weighted by molar-refractivity contribution is 0.225. The predicted octanol–water partition coefficient (Wildman–Crippen LogP) is 2.22. The second-order valence-corrected chi connectivity index (χ2v) is 5.21. The summed E-state index contributed by atoms with van der Waals surface area (Å²) in [6, 6.07) is 10.7. The monoisotopic (exact) mass is 242 g/mol. The maximum atomic E-state index is 5.37. The van der Waals surface area contributed by atoms with Crippen LogP contribution in [0.25, 0.3) is 0 Å². The van der Waals surface area contributed by atoms with Gasteiger partial charge in [0.05, 0.1) is 5.54 Å². The number of nitrogens with zero attached hydrogens (tertiary/aromatic N) is 1. The zero-order valence-electron chi connectivity index (χ0n) is 11.2. The molecule has 1 atom stereocenters. The number of rotatable bonds is 3. The van der Waals surface area contributed by atoms with E-state index in [0.717, 1.165) is 32.6 Å². The van der Waals surface area contributed by atoms with Crippen LogP contribution in [0.4, 0.5) is 0 Å². The molecule has 0 amide bonds. The highest BCUT2D eigenvalue weighted by Gasteiger charge is 2.30. The fourth-order valence-electron chi connectivity index (χ4n) is 2.66. The van der Waals surface area contributed by atoms with Crippen molar-refractivity contribution in [1.29, 1.82) is 0 Å². The van der Waals surface area contributed by atoms with Gasteiger partial charge in [0, 0.05) is 19.5 Å². The van der Waals surface area contributed by atoms with Gasteiger partial charge in [-0.1, -0.05) is 30.3 Å². The summed E-state index contributed by atoms with van der Waals surface area (Å²) in [4.78, 5) is 2.48. The van der Waals surface area contributed by atoms with Crippen molar-refractivity contribution >= 4 is 0 Å². The van der Waals surface area contributed by atoms with Crippen LogP contribution in [-0.4, -0.2) is 31.1 Å². The molecule has 0 bridgehead atoms. The molecule has 1 aromatic rings. The van der Waals surface area contributed by atoms with E-state index >= 15 is 0 Å². The van der Waals surface area contributed by atoms with Gasteiger partial charge in [0.15, 0.2) is 0 Å². The highest BCUT2D eigenvalue weighted by atomic mass is 15.2. The smallest absolute Gasteiger partial charge is 0.0534 e. The minimum absolute atomic E-state index is 0.0341. The predicted molar refractivity (Wildman–Crippen MR) is 76.3 cm³/mol. The van der Waals surface area contributed by atoms with Crippen LogP contribution in [0.1, 0.15) is 25.3 Å². The van der Waals surface area contributed by atoms with E-state index in [1.165, 1.54) is 12.0 Å². The Kier molecular flexibility index (Phi) is 4.41. The normalized spacial score (nSPS) is 25.3. The molecule has 0 aromatic heterocycles. The molecule has 1 N–H and O–H groups in total. The highest BCUT2D eigenvalue weighted by Crippen LogP contribution is 2.23. The van der Waals surface area contributed by atoms with Gasteiger partial charge in [0.1, 0.15) is 0 Å². The van der Waals surface area contributed by atoms with E-state index in [2.05, 4.69) is 53.4 Å². The Bertz CT molecular complexity index is 407. The van der Waals surface area contributed by atoms with Gasteiger partial charge < -0.3 is 10.2 Å². The van der Waals surface area contributed by atoms with Gasteiger partial charge in [-0.2, -0.15) is 0 Å². The van der Waals surface area contributed by atoms with Crippen molar-refractivity contribution < 1.29 is 0 Å². The van der Waals surface area contributed by atoms with Gasteiger partial charge in [-0.3, -0.25) is 0 Å². The van der Waals surface area contributed by atoms with Crippen LogP contribution >= 0.6 is 0 Å². The summed E-state index contributed by atoms with van der Waals surface area (Å²) in [6.45, 7) is 6.52. The number of terminal acetylenes is 1. The first-order chi connectivity index (χ1) is 8.74. The van der Waals surface area contributed by atoms with Gasteiger partial charge in [0.2, 0.25) is 0 Å². The molecule has 1 aliphatic heterocycles. The van der Waals surface area contributed by atoms with Crippen molar-refractivity contribution in [2.75, 3.05) is 26.2 Å². The first-order valence-electron chi connectivity index (χ1n) is 6.71. The first-order valence-corrected chi connectivity index (χ1v) is 6.71. The molecule has 18 heavy (non-hydrogen) atoms. The van der Waals surface area contributed by atoms with Crippen molar-refractivity contribution in [2.24, 2.45) is 0 Å². The van der Waals surface area contributed by atoms with Gasteiger partial charge in [-0.25, -0.2) is 0 Å². The molecular weight excluding hydrogens is 220 g/mol. The molecule has 1 aliphatic rings. The second-order valence-electron chi connectivity index (χ2n) is 5.21. The fraction of sp³-hybridized carbons (Fsp3) is 0.500. The molecule has 1 heterocycles. The van der Waals surface area contributed by atoms with E-state index in [4.69, 9.17) is 6.42 Å². The molecule has 1 unspecified atom stereocenters. The minimum Gasteiger partial charge on any atom is -0.307 e. The maximum absolute atomic E-state index is 5.37. The van der Waals surface area contributed by atoms with Crippen LogP contribution in [0.3, 0.4) is 0 Å². The van der Waals surface area contributed by atoms with Crippen molar-refractivity contribution in [1.82, 2.24) is 10.2 Å². The van der Waals surface area contributed by atoms with E-state index in [1.807, 2.05) is 0 Å². The highest BCUT2D eigenvalue weighted by molar-refractivity contribution is 5.24. The standard InChI is InChI=1S/C16H22N2/c1-3-4-12-18-13-8-11-17-16(2,14-18)15-9-6-5-7-10-15/h1,5-7,9-10,17H,4,8,11-14H2,2H3. The molecule has 1 saturated heterocycles. The summed E-state index contributed by atoms with van der Waals surface area (Å²) in [7, 11) is 0. The molecule has 2 nitrogen and oxygen atoms in total. The van der Waals surface area contributed by atoms with Crippen molar-refractivity contribution in [3.8, 4) is 12.3 Å². The summed E-state index contributed by atoms with van der Waals surface area (Å²) in [5, 5.41) is 3.69. The summed E-state index contributed by atoms with van der Waals surface area (Å²) in [5.41, 5.74) is 1.39. The van der Waals surface area contributed by atoms with Crippen LogP contribution in [0, 0.1) is 12.3 Å². The molecule has 0 spiro atoms. The Balaban J connectivity index is 2.13. The summed E-state index contributed by atoms with van der Waals surface area (Å²) < 4.78 is 0. The van der Waals surface area contributed by atoms with E-state index in [-0.39, 0.29) is 5.54 Å². The molecule has 0 saturated carbocycles. The van der Waals surface area contributed by atoms with E-state index < -0.39 is 0 Å². The van der Waals surface area contributed by atoms with Gasteiger partial charge in [0.25, 0.3) is 0 Å². The van der Waals surface area contributed by atoms with Crippen LogP contribution in [0.15, 0.2) is 30.3 Å². The molecule has 0 aliphatic carbocycles. The number of hydrogen-bond acceptors (Lipinski definition) is 2. The summed E-state index contributed by atoms with van der Waals surface area (Å²) in [6.07, 6.45) is 7.40. The largest absolute Gasteiger partial charge is 0.307 e. The van der Waals surface area contributed by atoms with E-state index in [0.29, 0.717) is 0 Å². The maximum Gasteiger partial charge on any atom is 0.0534 e. The van der Waals surface area contributed by atoms with Crippen LogP contribution in [0.2, 0.25) is 0 Å². The van der Waals surface area contributed by atoms with Gasteiger partial charge in [-0.05, 0) is 32.0 Å². The molecule has 96 valence electrons. The quantitative estimate of drug-likeness (QED) is 0.818. The Labute approximate surface area is 110 Å². The summed E-state index contributed by atoms with van der Waals surface area (Å²) in [5.74, 6) is 2.74. The van der Waals surface area contributed by atoms with Crippen molar-refractivity contribution in [3.05, 3.63) is 35.9 Å².